The van der Waals surface area contributed by atoms with Gasteiger partial charge in [-0.1, -0.05) is 27.2 Å². The highest BCUT2D eigenvalue weighted by molar-refractivity contribution is 5.84. The summed E-state index contributed by atoms with van der Waals surface area (Å²) >= 11 is 0. The summed E-state index contributed by atoms with van der Waals surface area (Å²) in [5.41, 5.74) is 2.26. The molecule has 2 bridgehead atoms. The first-order chi connectivity index (χ1) is 12.5. The molecule has 0 spiro atoms. The highest BCUT2D eigenvalue weighted by Crippen LogP contribution is 2.42. The molecular formula is C23H33NO2. The third-order valence-corrected chi connectivity index (χ3v) is 7.15. The average molecular weight is 356 g/mol. The summed E-state index contributed by atoms with van der Waals surface area (Å²) in [6.07, 6.45) is 6.02. The van der Waals surface area contributed by atoms with Gasteiger partial charge in [0.15, 0.2) is 0 Å². The minimum Gasteiger partial charge on any atom is -0.508 e. The molecule has 142 valence electrons. The second-order valence-corrected chi connectivity index (χ2v) is 8.74. The van der Waals surface area contributed by atoms with Gasteiger partial charge >= 0.3 is 0 Å². The molecule has 3 heterocycles. The van der Waals surface area contributed by atoms with Crippen LogP contribution in [0.15, 0.2) is 22.6 Å². The molecule has 2 aliphatic heterocycles. The zero-order chi connectivity index (χ0) is 18.4. The molecule has 0 aliphatic carbocycles. The molecule has 2 aliphatic rings. The van der Waals surface area contributed by atoms with E-state index in [1.165, 1.54) is 37.1 Å². The van der Waals surface area contributed by atoms with Crippen LogP contribution in [-0.2, 0) is 6.42 Å². The molecule has 0 saturated carbocycles. The fourth-order valence-electron chi connectivity index (χ4n) is 5.70. The smallest absolute Gasteiger partial charge is 0.134 e. The molecule has 1 saturated heterocycles. The molecule has 1 aromatic heterocycles. The van der Waals surface area contributed by atoms with E-state index in [-0.39, 0.29) is 0 Å². The molecule has 1 fully saturated rings. The number of hydrogen-bond donors (Lipinski definition) is 1. The monoisotopic (exact) mass is 355 g/mol. The third-order valence-electron chi connectivity index (χ3n) is 7.15. The van der Waals surface area contributed by atoms with Crippen molar-refractivity contribution in [2.45, 2.75) is 77.8 Å². The van der Waals surface area contributed by atoms with Gasteiger partial charge in [0.1, 0.15) is 17.1 Å². The van der Waals surface area contributed by atoms with Crippen LogP contribution in [0, 0.1) is 11.8 Å². The van der Waals surface area contributed by atoms with E-state index in [0.717, 1.165) is 35.6 Å². The van der Waals surface area contributed by atoms with E-state index < -0.39 is 0 Å². The second-order valence-electron chi connectivity index (χ2n) is 8.74. The Morgan fingerprint density at radius 3 is 2.69 bits per heavy atom. The minimum absolute atomic E-state index is 0.333. The number of furan rings is 1. The molecule has 0 amide bonds. The van der Waals surface area contributed by atoms with E-state index >= 15 is 0 Å². The first-order valence-corrected chi connectivity index (χ1v) is 10.5. The van der Waals surface area contributed by atoms with Gasteiger partial charge in [0.05, 0.1) is 0 Å². The molecule has 4 rings (SSSR count). The Kier molecular flexibility index (Phi) is 4.77. The number of nitrogens with zero attached hydrogens (tertiary/aromatic N) is 1. The predicted octanol–water partition coefficient (Wildman–Crippen LogP) is 5.70. The van der Waals surface area contributed by atoms with E-state index in [1.807, 2.05) is 12.1 Å². The Bertz CT molecular complexity index is 780. The van der Waals surface area contributed by atoms with Gasteiger partial charge < -0.3 is 9.52 Å². The summed E-state index contributed by atoms with van der Waals surface area (Å²) in [4.78, 5) is 2.80. The predicted molar refractivity (Wildman–Crippen MR) is 107 cm³/mol. The van der Waals surface area contributed by atoms with Gasteiger partial charge in [0, 0.05) is 35.5 Å². The van der Waals surface area contributed by atoms with Crippen LogP contribution >= 0.6 is 0 Å². The van der Waals surface area contributed by atoms with E-state index in [2.05, 4.69) is 32.6 Å². The standard InChI is InChI=1S/C23H33NO2/c1-5-17-10-16-9-14(3)23-21(11-18(6-2)24(13-16)15(17)4)20-12-19(25)7-8-22(20)26-23/h7-8,12,14-18,25H,5-6,9-11,13H2,1-4H3/t14?,15?,16?,17?,18-/m1/s1. The maximum Gasteiger partial charge on any atom is 0.134 e. The number of hydrogen-bond acceptors (Lipinski definition) is 3. The maximum atomic E-state index is 10.0. The summed E-state index contributed by atoms with van der Waals surface area (Å²) < 4.78 is 6.34. The first-order valence-electron chi connectivity index (χ1n) is 10.5. The number of aromatic hydroxyl groups is 1. The van der Waals surface area contributed by atoms with E-state index in [0.29, 0.717) is 23.8 Å². The normalized spacial score (nSPS) is 34.8. The fourth-order valence-corrected chi connectivity index (χ4v) is 5.70. The summed E-state index contributed by atoms with van der Waals surface area (Å²) in [6.45, 7) is 10.7. The number of phenolic OH excluding ortho intramolecular Hbond substituents is 1. The van der Waals surface area contributed by atoms with Crippen LogP contribution in [0.3, 0.4) is 0 Å². The molecule has 1 N–H and O–H groups in total. The van der Waals surface area contributed by atoms with Crippen molar-refractivity contribution in [1.29, 1.82) is 0 Å². The van der Waals surface area contributed by atoms with Crippen LogP contribution < -0.4 is 0 Å². The van der Waals surface area contributed by atoms with E-state index in [1.54, 1.807) is 6.07 Å². The largest absolute Gasteiger partial charge is 0.508 e. The van der Waals surface area contributed by atoms with Crippen LogP contribution in [0.25, 0.3) is 11.0 Å². The summed E-state index contributed by atoms with van der Waals surface area (Å²) in [5, 5.41) is 11.1. The zero-order valence-electron chi connectivity index (χ0n) is 16.7. The van der Waals surface area contributed by atoms with Crippen molar-refractivity contribution in [2.24, 2.45) is 11.8 Å². The lowest BCUT2D eigenvalue weighted by atomic mass is 9.78. The van der Waals surface area contributed by atoms with Crippen molar-refractivity contribution in [3.63, 3.8) is 0 Å². The summed E-state index contributed by atoms with van der Waals surface area (Å²) in [7, 11) is 0. The lowest BCUT2D eigenvalue weighted by Crippen LogP contribution is -2.52. The van der Waals surface area contributed by atoms with Crippen molar-refractivity contribution < 1.29 is 9.52 Å². The fraction of sp³-hybridized carbons (Fsp3) is 0.652. The molecular weight excluding hydrogens is 322 g/mol. The van der Waals surface area contributed by atoms with Crippen LogP contribution in [0.1, 0.15) is 70.6 Å². The van der Waals surface area contributed by atoms with Gasteiger partial charge in [-0.25, -0.2) is 0 Å². The molecule has 3 heteroatoms. The van der Waals surface area contributed by atoms with Gasteiger partial charge in [0.25, 0.3) is 0 Å². The van der Waals surface area contributed by atoms with Crippen LogP contribution in [-0.4, -0.2) is 28.6 Å². The van der Waals surface area contributed by atoms with Crippen molar-refractivity contribution in [2.75, 3.05) is 6.54 Å². The van der Waals surface area contributed by atoms with Crippen LogP contribution in [0.5, 0.6) is 5.75 Å². The Morgan fingerprint density at radius 2 is 1.96 bits per heavy atom. The van der Waals surface area contributed by atoms with E-state index in [4.69, 9.17) is 4.42 Å². The Hall–Kier alpha value is -1.48. The van der Waals surface area contributed by atoms with Crippen LogP contribution in [0.4, 0.5) is 0 Å². The van der Waals surface area contributed by atoms with Crippen molar-refractivity contribution >= 4 is 11.0 Å². The number of piperidine rings is 1. The van der Waals surface area contributed by atoms with Crippen molar-refractivity contribution in [1.82, 2.24) is 4.90 Å². The SMILES string of the molecule is CCC1CC2CC(C)c3oc4ccc(O)cc4c3C[C@@H](CC)N(C2)C1C. The molecule has 6 atom stereocenters. The number of benzene rings is 1. The number of phenols is 1. The number of rotatable bonds is 2. The van der Waals surface area contributed by atoms with Gasteiger partial charge in [0.2, 0.25) is 0 Å². The zero-order valence-corrected chi connectivity index (χ0v) is 16.7. The van der Waals surface area contributed by atoms with Crippen molar-refractivity contribution in [3.05, 3.63) is 29.5 Å². The van der Waals surface area contributed by atoms with Gasteiger partial charge in [-0.3, -0.25) is 4.90 Å². The molecule has 26 heavy (non-hydrogen) atoms. The number of fused-ring (bicyclic) bond motifs is 5. The second kappa shape index (κ2) is 6.92. The average Bonchev–Trinajstić information content (AvgIpc) is 2.99. The maximum absolute atomic E-state index is 10.0. The Balaban J connectivity index is 1.81. The summed E-state index contributed by atoms with van der Waals surface area (Å²) in [6, 6.07) is 6.76. The molecule has 0 radical (unpaired) electrons. The van der Waals surface area contributed by atoms with Crippen molar-refractivity contribution in [3.8, 4) is 5.75 Å². The third kappa shape index (κ3) is 2.94. The Labute approximate surface area is 157 Å². The van der Waals surface area contributed by atoms with Gasteiger partial charge in [-0.2, -0.15) is 0 Å². The topological polar surface area (TPSA) is 36.6 Å². The molecule has 3 nitrogen and oxygen atoms in total. The highest BCUT2D eigenvalue weighted by atomic mass is 16.3. The van der Waals surface area contributed by atoms with E-state index in [9.17, 15) is 5.11 Å². The lowest BCUT2D eigenvalue weighted by molar-refractivity contribution is 0.0232. The first kappa shape index (κ1) is 17.9. The lowest BCUT2D eigenvalue weighted by Gasteiger charge is -2.47. The quantitative estimate of drug-likeness (QED) is 0.750. The van der Waals surface area contributed by atoms with Crippen LogP contribution in [0.2, 0.25) is 0 Å². The molecule has 1 aromatic carbocycles. The Morgan fingerprint density at radius 1 is 1.15 bits per heavy atom. The highest BCUT2D eigenvalue weighted by Gasteiger charge is 2.38. The minimum atomic E-state index is 0.333. The molecule has 2 aromatic rings. The van der Waals surface area contributed by atoms with Gasteiger partial charge in [-0.15, -0.1) is 0 Å². The molecule has 5 unspecified atom stereocenters. The van der Waals surface area contributed by atoms with Gasteiger partial charge in [-0.05, 0) is 62.6 Å². The summed E-state index contributed by atoms with van der Waals surface area (Å²) in [5.74, 6) is 3.50.